The van der Waals surface area contributed by atoms with Gasteiger partial charge in [0.2, 0.25) is 5.89 Å². The quantitative estimate of drug-likeness (QED) is 0.516. The molecule has 29 heavy (non-hydrogen) atoms. The van der Waals surface area contributed by atoms with E-state index in [1.54, 1.807) is 26.2 Å². The smallest absolute Gasteiger partial charge is 0.344 e. The summed E-state index contributed by atoms with van der Waals surface area (Å²) in [5.41, 5.74) is 1.95. The van der Waals surface area contributed by atoms with Crippen molar-refractivity contribution in [3.05, 3.63) is 60.0 Å². The summed E-state index contributed by atoms with van der Waals surface area (Å²) < 4.78 is 21.6. The number of esters is 1. The van der Waals surface area contributed by atoms with Gasteiger partial charge in [-0.2, -0.15) is 0 Å². The van der Waals surface area contributed by atoms with Gasteiger partial charge in [-0.05, 0) is 54.8 Å². The minimum atomic E-state index is -0.686. The van der Waals surface area contributed by atoms with Crippen LogP contribution >= 0.6 is 0 Å². The summed E-state index contributed by atoms with van der Waals surface area (Å²) in [5.74, 6) is 1.81. The summed E-state index contributed by atoms with van der Waals surface area (Å²) in [6.45, 7) is 5.70. The summed E-state index contributed by atoms with van der Waals surface area (Å²) in [6.07, 6.45) is -0.686. The molecule has 0 aliphatic rings. The highest BCUT2D eigenvalue weighted by Gasteiger charge is 2.19. The van der Waals surface area contributed by atoms with E-state index in [-0.39, 0.29) is 12.5 Å². The number of ether oxygens (including phenoxy) is 3. The summed E-state index contributed by atoms with van der Waals surface area (Å²) >= 11 is 0. The van der Waals surface area contributed by atoms with Gasteiger partial charge < -0.3 is 18.6 Å². The number of rotatable bonds is 8. The second-order valence-electron chi connectivity index (χ2n) is 6.82. The molecule has 7 nitrogen and oxygen atoms in total. The number of nitrogens with zero attached hydrogens (tertiary/aromatic N) is 2. The zero-order chi connectivity index (χ0) is 20.8. The molecular weight excluding hydrogens is 372 g/mol. The van der Waals surface area contributed by atoms with Crippen LogP contribution in [0.4, 0.5) is 0 Å². The fourth-order valence-electron chi connectivity index (χ4n) is 2.62. The number of carbonyl (C=O) groups is 1. The molecular formula is C22H24N2O5. The number of hydrogen-bond donors (Lipinski definition) is 0. The lowest BCUT2D eigenvalue weighted by Gasteiger charge is -2.11. The molecule has 0 bridgehead atoms. The highest BCUT2D eigenvalue weighted by Crippen LogP contribution is 2.24. The Bertz CT molecular complexity index is 933. The Labute approximate surface area is 169 Å². The van der Waals surface area contributed by atoms with Crippen LogP contribution in [0, 0.1) is 0 Å². The van der Waals surface area contributed by atoms with E-state index in [1.807, 2.05) is 36.4 Å². The van der Waals surface area contributed by atoms with Gasteiger partial charge in [0, 0.05) is 5.56 Å². The molecule has 0 saturated heterocycles. The van der Waals surface area contributed by atoms with E-state index in [2.05, 4.69) is 24.0 Å². The highest BCUT2D eigenvalue weighted by atomic mass is 16.6. The van der Waals surface area contributed by atoms with Crippen molar-refractivity contribution < 1.29 is 23.4 Å². The molecule has 1 atom stereocenters. The number of methoxy groups -OCH3 is 1. The van der Waals surface area contributed by atoms with E-state index < -0.39 is 12.1 Å². The molecule has 0 fully saturated rings. The van der Waals surface area contributed by atoms with Crippen molar-refractivity contribution in [3.8, 4) is 23.0 Å². The maximum absolute atomic E-state index is 12.1. The molecule has 1 heterocycles. The number of aromatic nitrogens is 2. The van der Waals surface area contributed by atoms with E-state index in [4.69, 9.17) is 18.6 Å². The standard InChI is InChI=1S/C22H24N2O5/c1-14(2)16-5-11-19(12-6-16)27-13-20(25)28-15(3)21-23-24-22(29-21)17-7-9-18(26-4)10-8-17/h5-12,14-15H,13H2,1-4H3/t15-/m1/s1. The third-order valence-corrected chi connectivity index (χ3v) is 4.34. The minimum Gasteiger partial charge on any atom is -0.497 e. The van der Waals surface area contributed by atoms with Crippen LogP contribution in [0.3, 0.4) is 0 Å². The topological polar surface area (TPSA) is 83.7 Å². The van der Waals surface area contributed by atoms with Gasteiger partial charge in [-0.15, -0.1) is 10.2 Å². The average Bonchev–Trinajstić information content (AvgIpc) is 3.23. The summed E-state index contributed by atoms with van der Waals surface area (Å²) in [6, 6.07) is 14.9. The predicted molar refractivity (Wildman–Crippen MR) is 107 cm³/mol. The van der Waals surface area contributed by atoms with E-state index in [0.717, 1.165) is 11.3 Å². The van der Waals surface area contributed by atoms with E-state index >= 15 is 0 Å². The van der Waals surface area contributed by atoms with Crippen molar-refractivity contribution in [3.63, 3.8) is 0 Å². The summed E-state index contributed by atoms with van der Waals surface area (Å²) in [5, 5.41) is 7.97. The van der Waals surface area contributed by atoms with Gasteiger partial charge in [0.1, 0.15) is 11.5 Å². The van der Waals surface area contributed by atoms with Crippen molar-refractivity contribution >= 4 is 5.97 Å². The van der Waals surface area contributed by atoms with Crippen molar-refractivity contribution in [2.75, 3.05) is 13.7 Å². The van der Waals surface area contributed by atoms with Gasteiger partial charge in [-0.1, -0.05) is 26.0 Å². The third-order valence-electron chi connectivity index (χ3n) is 4.34. The molecule has 0 amide bonds. The SMILES string of the molecule is COc1ccc(-c2nnc([C@@H](C)OC(=O)COc3ccc(C(C)C)cc3)o2)cc1. The summed E-state index contributed by atoms with van der Waals surface area (Å²) in [7, 11) is 1.60. The molecule has 0 aliphatic heterocycles. The lowest BCUT2D eigenvalue weighted by atomic mass is 10.0. The van der Waals surface area contributed by atoms with Gasteiger partial charge in [0.05, 0.1) is 7.11 Å². The third kappa shape index (κ3) is 5.34. The molecule has 0 radical (unpaired) electrons. The Hall–Kier alpha value is -3.35. The fourth-order valence-corrected chi connectivity index (χ4v) is 2.62. The van der Waals surface area contributed by atoms with Crippen LogP contribution in [0.15, 0.2) is 52.9 Å². The van der Waals surface area contributed by atoms with Crippen molar-refractivity contribution in [1.82, 2.24) is 10.2 Å². The van der Waals surface area contributed by atoms with Crippen LogP contribution in [-0.4, -0.2) is 29.9 Å². The van der Waals surface area contributed by atoms with Crippen LogP contribution in [-0.2, 0) is 9.53 Å². The van der Waals surface area contributed by atoms with Gasteiger partial charge in [0.25, 0.3) is 5.89 Å². The second-order valence-corrected chi connectivity index (χ2v) is 6.82. The van der Waals surface area contributed by atoms with E-state index in [0.29, 0.717) is 17.6 Å². The first-order valence-corrected chi connectivity index (χ1v) is 9.36. The molecule has 0 unspecified atom stereocenters. The number of hydrogen-bond acceptors (Lipinski definition) is 7. The zero-order valence-electron chi connectivity index (χ0n) is 16.9. The van der Waals surface area contributed by atoms with Gasteiger partial charge >= 0.3 is 5.97 Å². The van der Waals surface area contributed by atoms with Crippen molar-refractivity contribution in [2.24, 2.45) is 0 Å². The Morgan fingerprint density at radius 1 is 0.966 bits per heavy atom. The number of carbonyl (C=O) groups excluding carboxylic acids is 1. The number of benzene rings is 2. The molecule has 3 rings (SSSR count). The lowest BCUT2D eigenvalue weighted by molar-refractivity contribution is -0.152. The first-order chi connectivity index (χ1) is 14.0. The Morgan fingerprint density at radius 2 is 1.62 bits per heavy atom. The van der Waals surface area contributed by atoms with Crippen LogP contribution in [0.2, 0.25) is 0 Å². The molecule has 3 aromatic rings. The van der Waals surface area contributed by atoms with E-state index in [9.17, 15) is 4.79 Å². The Balaban J connectivity index is 1.53. The first kappa shape index (κ1) is 20.4. The highest BCUT2D eigenvalue weighted by molar-refractivity contribution is 5.71. The molecule has 2 aromatic carbocycles. The summed E-state index contributed by atoms with van der Waals surface area (Å²) in [4.78, 5) is 12.1. The zero-order valence-corrected chi connectivity index (χ0v) is 16.9. The molecule has 152 valence electrons. The predicted octanol–water partition coefficient (Wildman–Crippen LogP) is 4.55. The average molecular weight is 396 g/mol. The van der Waals surface area contributed by atoms with Gasteiger partial charge in [-0.3, -0.25) is 0 Å². The van der Waals surface area contributed by atoms with Crippen LogP contribution in [0.1, 0.15) is 44.2 Å². The van der Waals surface area contributed by atoms with Crippen LogP contribution in [0.25, 0.3) is 11.5 Å². The van der Waals surface area contributed by atoms with Crippen LogP contribution < -0.4 is 9.47 Å². The maximum atomic E-state index is 12.1. The molecule has 0 saturated carbocycles. The first-order valence-electron chi connectivity index (χ1n) is 9.36. The van der Waals surface area contributed by atoms with Gasteiger partial charge in [0.15, 0.2) is 12.7 Å². The molecule has 7 heteroatoms. The largest absolute Gasteiger partial charge is 0.497 e. The molecule has 1 aromatic heterocycles. The van der Waals surface area contributed by atoms with Crippen molar-refractivity contribution in [1.29, 1.82) is 0 Å². The Kier molecular flexibility index (Phi) is 6.49. The molecule has 0 N–H and O–H groups in total. The molecule has 0 aliphatic carbocycles. The maximum Gasteiger partial charge on any atom is 0.344 e. The second kappa shape index (κ2) is 9.23. The van der Waals surface area contributed by atoms with Crippen LogP contribution in [0.5, 0.6) is 11.5 Å². The lowest BCUT2D eigenvalue weighted by Crippen LogP contribution is -2.17. The monoisotopic (exact) mass is 396 g/mol. The fraction of sp³-hybridized carbons (Fsp3) is 0.318. The van der Waals surface area contributed by atoms with E-state index in [1.165, 1.54) is 5.56 Å². The normalized spacial score (nSPS) is 11.9. The minimum absolute atomic E-state index is 0.204. The Morgan fingerprint density at radius 3 is 2.24 bits per heavy atom. The molecule has 0 spiro atoms. The van der Waals surface area contributed by atoms with Crippen molar-refractivity contribution in [2.45, 2.75) is 32.8 Å². The van der Waals surface area contributed by atoms with Gasteiger partial charge in [-0.25, -0.2) is 4.79 Å².